The van der Waals surface area contributed by atoms with E-state index in [2.05, 4.69) is 20.5 Å². The molecule has 37 heavy (non-hydrogen) atoms. The minimum absolute atomic E-state index is 0.321. The van der Waals surface area contributed by atoms with Crippen LogP contribution in [-0.4, -0.2) is 42.3 Å². The van der Waals surface area contributed by atoms with E-state index in [0.29, 0.717) is 45.5 Å². The molecule has 186 valence electrons. The van der Waals surface area contributed by atoms with Crippen LogP contribution in [0.5, 0.6) is 17.2 Å². The van der Waals surface area contributed by atoms with Gasteiger partial charge in [0.25, 0.3) is 5.91 Å². The molecule has 3 aromatic carbocycles. The first-order valence-corrected chi connectivity index (χ1v) is 11.2. The van der Waals surface area contributed by atoms with Crippen molar-refractivity contribution in [2.45, 2.75) is 6.92 Å². The molecule has 0 unspecified atom stereocenters. The van der Waals surface area contributed by atoms with Crippen molar-refractivity contribution in [2.75, 3.05) is 14.2 Å². The average molecular weight is 497 g/mol. The number of ether oxygens (including phenoxy) is 3. The molecule has 0 aliphatic rings. The van der Waals surface area contributed by atoms with Crippen LogP contribution in [0, 0.1) is 6.92 Å². The van der Waals surface area contributed by atoms with Gasteiger partial charge in [0.1, 0.15) is 5.75 Å². The second kappa shape index (κ2) is 11.6. The van der Waals surface area contributed by atoms with Crippen LogP contribution >= 0.6 is 0 Å². The van der Waals surface area contributed by atoms with Crippen molar-refractivity contribution < 1.29 is 23.8 Å². The van der Waals surface area contributed by atoms with Gasteiger partial charge in [0.2, 0.25) is 0 Å². The lowest BCUT2D eigenvalue weighted by Crippen LogP contribution is -2.19. The van der Waals surface area contributed by atoms with Crippen LogP contribution in [0.4, 0.5) is 0 Å². The summed E-state index contributed by atoms with van der Waals surface area (Å²) in [4.78, 5) is 33.7. The number of amides is 1. The third-order valence-corrected chi connectivity index (χ3v) is 5.35. The summed E-state index contributed by atoms with van der Waals surface area (Å²) in [6.45, 7) is 1.74. The minimum atomic E-state index is -0.537. The number of hydrogen-bond acceptors (Lipinski definition) is 8. The molecular formula is C28H24N4O5. The van der Waals surface area contributed by atoms with Gasteiger partial charge in [-0.1, -0.05) is 30.3 Å². The number of carbonyl (C=O) groups is 2. The fraction of sp³-hybridized carbons (Fsp3) is 0.107. The molecule has 1 N–H and O–H groups in total. The number of aromatic nitrogens is 2. The van der Waals surface area contributed by atoms with Gasteiger partial charge in [-0.2, -0.15) is 5.10 Å². The summed E-state index contributed by atoms with van der Waals surface area (Å²) in [5.41, 5.74) is 5.23. The Hall–Kier alpha value is -5.05. The molecule has 0 bridgehead atoms. The molecule has 4 rings (SSSR count). The summed E-state index contributed by atoms with van der Waals surface area (Å²) >= 11 is 0. The molecule has 0 aliphatic carbocycles. The van der Waals surface area contributed by atoms with Gasteiger partial charge in [0.15, 0.2) is 17.3 Å². The molecule has 0 aliphatic heterocycles. The van der Waals surface area contributed by atoms with Gasteiger partial charge in [-0.05, 0) is 55.0 Å². The van der Waals surface area contributed by atoms with Crippen LogP contribution in [0.2, 0.25) is 0 Å². The molecule has 0 saturated heterocycles. The van der Waals surface area contributed by atoms with Crippen LogP contribution < -0.4 is 19.6 Å². The number of esters is 1. The molecular weight excluding hydrogens is 472 g/mol. The largest absolute Gasteiger partial charge is 0.493 e. The Kier molecular flexibility index (Phi) is 7.85. The second-order valence-corrected chi connectivity index (χ2v) is 7.79. The summed E-state index contributed by atoms with van der Waals surface area (Å²) < 4.78 is 15.8. The number of carbonyl (C=O) groups excluding carboxylic acids is 2. The Morgan fingerprint density at radius 2 is 1.65 bits per heavy atom. The normalized spacial score (nSPS) is 10.7. The number of aryl methyl sites for hydroxylation is 1. The van der Waals surface area contributed by atoms with Crippen LogP contribution in [-0.2, 0) is 0 Å². The van der Waals surface area contributed by atoms with Crippen LogP contribution in [0.3, 0.4) is 0 Å². The first-order chi connectivity index (χ1) is 18.0. The SMILES string of the molecule is COc1ccc(C(=O)Oc2ccc(/C=N/NC(=O)c3cnc(-c4ccccc4)nc3C)cc2)cc1OC. The van der Waals surface area contributed by atoms with E-state index in [4.69, 9.17) is 14.2 Å². The summed E-state index contributed by atoms with van der Waals surface area (Å²) in [7, 11) is 3.01. The van der Waals surface area contributed by atoms with E-state index < -0.39 is 11.9 Å². The van der Waals surface area contributed by atoms with E-state index in [1.54, 1.807) is 49.4 Å². The van der Waals surface area contributed by atoms with Crippen molar-refractivity contribution >= 4 is 18.1 Å². The Morgan fingerprint density at radius 1 is 0.919 bits per heavy atom. The lowest BCUT2D eigenvalue weighted by Gasteiger charge is -2.09. The summed E-state index contributed by atoms with van der Waals surface area (Å²) in [5.74, 6) is 0.887. The highest BCUT2D eigenvalue weighted by molar-refractivity contribution is 5.95. The molecule has 0 radical (unpaired) electrons. The van der Waals surface area contributed by atoms with E-state index in [-0.39, 0.29) is 0 Å². The lowest BCUT2D eigenvalue weighted by molar-refractivity contribution is 0.0734. The fourth-order valence-corrected chi connectivity index (χ4v) is 3.39. The number of methoxy groups -OCH3 is 2. The third-order valence-electron chi connectivity index (χ3n) is 5.35. The van der Waals surface area contributed by atoms with Crippen LogP contribution in [0.1, 0.15) is 32.0 Å². The molecule has 0 spiro atoms. The van der Waals surface area contributed by atoms with Crippen molar-refractivity contribution in [3.63, 3.8) is 0 Å². The van der Waals surface area contributed by atoms with E-state index in [0.717, 1.165) is 5.56 Å². The number of benzene rings is 3. The molecule has 1 amide bonds. The van der Waals surface area contributed by atoms with Gasteiger partial charge >= 0.3 is 5.97 Å². The zero-order valence-corrected chi connectivity index (χ0v) is 20.5. The topological polar surface area (TPSA) is 112 Å². The van der Waals surface area contributed by atoms with E-state index in [9.17, 15) is 9.59 Å². The molecule has 4 aromatic rings. The maximum Gasteiger partial charge on any atom is 0.343 e. The summed E-state index contributed by atoms with van der Waals surface area (Å²) in [6.07, 6.45) is 2.96. The standard InChI is InChI=1S/C28H24N4O5/c1-18-23(17-29-26(31-18)20-7-5-4-6-8-20)27(33)32-30-16-19-9-12-22(13-10-19)37-28(34)21-11-14-24(35-2)25(15-21)36-3/h4-17H,1-3H3,(H,32,33)/b30-16+. The zero-order chi connectivity index (χ0) is 26.2. The maximum atomic E-state index is 12.5. The van der Waals surface area contributed by atoms with Gasteiger partial charge in [-0.3, -0.25) is 4.79 Å². The number of hydrazone groups is 1. The Balaban J connectivity index is 1.35. The first kappa shape index (κ1) is 25.1. The monoisotopic (exact) mass is 496 g/mol. The van der Waals surface area contributed by atoms with Crippen LogP contribution in [0.15, 0.2) is 84.1 Å². The molecule has 1 heterocycles. The van der Waals surface area contributed by atoms with Gasteiger partial charge in [0, 0.05) is 11.8 Å². The van der Waals surface area contributed by atoms with Crippen molar-refractivity contribution in [3.05, 3.63) is 101 Å². The van der Waals surface area contributed by atoms with Gasteiger partial charge in [0.05, 0.1) is 37.3 Å². The average Bonchev–Trinajstić information content (AvgIpc) is 2.93. The minimum Gasteiger partial charge on any atom is -0.493 e. The maximum absolute atomic E-state index is 12.5. The van der Waals surface area contributed by atoms with E-state index >= 15 is 0 Å². The van der Waals surface area contributed by atoms with Crippen molar-refractivity contribution in [3.8, 4) is 28.6 Å². The molecule has 1 aromatic heterocycles. The molecule has 9 heteroatoms. The van der Waals surface area contributed by atoms with Gasteiger partial charge in [-0.15, -0.1) is 0 Å². The quantitative estimate of drug-likeness (QED) is 0.166. The first-order valence-electron chi connectivity index (χ1n) is 11.2. The fourth-order valence-electron chi connectivity index (χ4n) is 3.39. The molecule has 9 nitrogen and oxygen atoms in total. The Labute approximate surface area is 213 Å². The predicted molar refractivity (Wildman–Crippen MR) is 138 cm³/mol. The van der Waals surface area contributed by atoms with Gasteiger partial charge in [-0.25, -0.2) is 20.2 Å². The molecule has 0 saturated carbocycles. The Morgan fingerprint density at radius 3 is 2.32 bits per heavy atom. The van der Waals surface area contributed by atoms with Crippen molar-refractivity contribution in [1.29, 1.82) is 0 Å². The van der Waals surface area contributed by atoms with Crippen molar-refractivity contribution in [1.82, 2.24) is 15.4 Å². The van der Waals surface area contributed by atoms with Gasteiger partial charge < -0.3 is 14.2 Å². The highest BCUT2D eigenvalue weighted by Crippen LogP contribution is 2.28. The number of rotatable bonds is 8. The highest BCUT2D eigenvalue weighted by atomic mass is 16.5. The Bertz CT molecular complexity index is 1440. The molecule has 0 atom stereocenters. The van der Waals surface area contributed by atoms with Crippen molar-refractivity contribution in [2.24, 2.45) is 5.10 Å². The second-order valence-electron chi connectivity index (χ2n) is 7.79. The lowest BCUT2D eigenvalue weighted by atomic mass is 10.2. The number of nitrogens with one attached hydrogen (secondary N) is 1. The van der Waals surface area contributed by atoms with E-state index in [1.807, 2.05) is 30.3 Å². The van der Waals surface area contributed by atoms with Crippen LogP contribution in [0.25, 0.3) is 11.4 Å². The zero-order valence-electron chi connectivity index (χ0n) is 20.5. The predicted octanol–water partition coefficient (Wildman–Crippen LogP) is 4.45. The smallest absolute Gasteiger partial charge is 0.343 e. The highest BCUT2D eigenvalue weighted by Gasteiger charge is 2.14. The van der Waals surface area contributed by atoms with E-state index in [1.165, 1.54) is 26.6 Å². The number of hydrogen-bond donors (Lipinski definition) is 1. The third kappa shape index (κ3) is 6.15. The summed E-state index contributed by atoms with van der Waals surface area (Å²) in [5, 5.41) is 4.00. The number of nitrogens with zero attached hydrogens (tertiary/aromatic N) is 3. The molecule has 0 fully saturated rings. The summed E-state index contributed by atoms with van der Waals surface area (Å²) in [6, 6.07) is 21.0.